The number of ether oxygens (including phenoxy) is 1. The van der Waals surface area contributed by atoms with Gasteiger partial charge in [-0.2, -0.15) is 0 Å². The first-order valence-corrected chi connectivity index (χ1v) is 7.86. The van der Waals surface area contributed by atoms with Crippen molar-refractivity contribution in [3.05, 3.63) is 28.0 Å². The molecule has 1 aromatic carbocycles. The molecule has 2 aliphatic rings. The number of piperidine rings is 1. The first kappa shape index (κ1) is 13.4. The summed E-state index contributed by atoms with van der Waals surface area (Å²) >= 11 is 3.45. The predicted octanol–water partition coefficient (Wildman–Crippen LogP) is 3.84. The van der Waals surface area contributed by atoms with E-state index in [1.165, 1.54) is 18.9 Å². The van der Waals surface area contributed by atoms with Crippen molar-refractivity contribution in [1.29, 1.82) is 0 Å². The topological polar surface area (TPSA) is 21.3 Å². The second-order valence-corrected chi connectivity index (χ2v) is 6.46. The van der Waals surface area contributed by atoms with Gasteiger partial charge in [-0.05, 0) is 66.2 Å². The fourth-order valence-electron chi connectivity index (χ4n) is 2.64. The number of halogens is 2. The van der Waals surface area contributed by atoms with Crippen molar-refractivity contribution in [2.45, 2.75) is 31.6 Å². The van der Waals surface area contributed by atoms with Gasteiger partial charge in [0.25, 0.3) is 0 Å². The Kier molecular flexibility index (Phi) is 4.08. The molecule has 2 nitrogen and oxygen atoms in total. The number of hydrogen-bond acceptors (Lipinski definition) is 2. The van der Waals surface area contributed by atoms with Crippen LogP contribution in [0.15, 0.2) is 16.6 Å². The highest BCUT2D eigenvalue weighted by Gasteiger charge is 2.25. The van der Waals surface area contributed by atoms with E-state index < -0.39 is 0 Å². The molecule has 0 amide bonds. The molecule has 1 saturated heterocycles. The normalized spacial score (nSPS) is 23.4. The van der Waals surface area contributed by atoms with E-state index in [2.05, 4.69) is 21.2 Å². The van der Waals surface area contributed by atoms with Gasteiger partial charge in [-0.3, -0.25) is 0 Å². The summed E-state index contributed by atoms with van der Waals surface area (Å²) in [6.45, 7) is 2.73. The standard InChI is InChI=1S/C15H19BrFNO/c16-14-7-12(17)6-13(11-2-1-5-18-8-11)15(14)19-9-10-3-4-10/h6-7,10-11,18H,1-5,8-9H2. The number of nitrogens with one attached hydrogen (secondary N) is 1. The van der Waals surface area contributed by atoms with Crippen LogP contribution >= 0.6 is 15.9 Å². The predicted molar refractivity (Wildman–Crippen MR) is 77.2 cm³/mol. The molecule has 104 valence electrons. The SMILES string of the molecule is Fc1cc(Br)c(OCC2CC2)c(C2CCCNC2)c1. The van der Waals surface area contributed by atoms with Crippen LogP contribution in [0.1, 0.15) is 37.2 Å². The lowest BCUT2D eigenvalue weighted by atomic mass is 9.91. The average molecular weight is 328 g/mol. The molecule has 1 N–H and O–H groups in total. The molecule has 4 heteroatoms. The summed E-state index contributed by atoms with van der Waals surface area (Å²) in [6.07, 6.45) is 4.77. The number of rotatable bonds is 4. The third-order valence-electron chi connectivity index (χ3n) is 3.93. The van der Waals surface area contributed by atoms with Gasteiger partial charge in [-0.1, -0.05) is 0 Å². The van der Waals surface area contributed by atoms with Crippen LogP contribution in [-0.4, -0.2) is 19.7 Å². The Balaban J connectivity index is 1.85. The van der Waals surface area contributed by atoms with Crippen LogP contribution in [0.5, 0.6) is 5.75 Å². The van der Waals surface area contributed by atoms with Gasteiger partial charge in [0.1, 0.15) is 11.6 Å². The minimum absolute atomic E-state index is 0.189. The zero-order valence-corrected chi connectivity index (χ0v) is 12.5. The van der Waals surface area contributed by atoms with Gasteiger partial charge in [-0.15, -0.1) is 0 Å². The first-order valence-electron chi connectivity index (χ1n) is 7.06. The summed E-state index contributed by atoms with van der Waals surface area (Å²) < 4.78 is 20.4. The van der Waals surface area contributed by atoms with Crippen molar-refractivity contribution in [3.63, 3.8) is 0 Å². The molecule has 1 aliphatic heterocycles. The van der Waals surface area contributed by atoms with Gasteiger partial charge < -0.3 is 10.1 Å². The van der Waals surface area contributed by atoms with Crippen molar-refractivity contribution < 1.29 is 9.13 Å². The minimum atomic E-state index is -0.189. The maximum atomic E-state index is 13.7. The van der Waals surface area contributed by atoms with E-state index in [0.29, 0.717) is 11.8 Å². The fourth-order valence-corrected chi connectivity index (χ4v) is 3.20. The second kappa shape index (κ2) is 5.80. The van der Waals surface area contributed by atoms with Crippen LogP contribution in [0.4, 0.5) is 4.39 Å². The molecule has 19 heavy (non-hydrogen) atoms. The van der Waals surface area contributed by atoms with Crippen LogP contribution in [0.25, 0.3) is 0 Å². The first-order chi connectivity index (χ1) is 9.24. The molecule has 1 unspecified atom stereocenters. The number of hydrogen-bond donors (Lipinski definition) is 1. The van der Waals surface area contributed by atoms with E-state index in [-0.39, 0.29) is 5.82 Å². The molecule has 1 heterocycles. The van der Waals surface area contributed by atoms with Crippen molar-refractivity contribution in [3.8, 4) is 5.75 Å². The summed E-state index contributed by atoms with van der Waals surface area (Å²) in [7, 11) is 0. The fraction of sp³-hybridized carbons (Fsp3) is 0.600. The van der Waals surface area contributed by atoms with Gasteiger partial charge in [0.2, 0.25) is 0 Å². The Morgan fingerprint density at radius 2 is 2.16 bits per heavy atom. The van der Waals surface area contributed by atoms with Gasteiger partial charge in [0.15, 0.2) is 0 Å². The van der Waals surface area contributed by atoms with Crippen LogP contribution in [-0.2, 0) is 0 Å². The lowest BCUT2D eigenvalue weighted by Crippen LogP contribution is -2.28. The van der Waals surface area contributed by atoms with E-state index in [1.807, 2.05) is 0 Å². The molecule has 0 bridgehead atoms. The van der Waals surface area contributed by atoms with Crippen molar-refractivity contribution in [2.75, 3.05) is 19.7 Å². The van der Waals surface area contributed by atoms with Crippen molar-refractivity contribution >= 4 is 15.9 Å². The molecule has 1 saturated carbocycles. The zero-order valence-electron chi connectivity index (χ0n) is 10.9. The Hall–Kier alpha value is -0.610. The lowest BCUT2D eigenvalue weighted by Gasteiger charge is -2.25. The van der Waals surface area contributed by atoms with Crippen molar-refractivity contribution in [1.82, 2.24) is 5.32 Å². The van der Waals surface area contributed by atoms with E-state index >= 15 is 0 Å². The quantitative estimate of drug-likeness (QED) is 0.907. The minimum Gasteiger partial charge on any atom is -0.492 e. The van der Waals surface area contributed by atoms with Crippen LogP contribution in [0.2, 0.25) is 0 Å². The Morgan fingerprint density at radius 1 is 1.32 bits per heavy atom. The second-order valence-electron chi connectivity index (χ2n) is 5.60. The summed E-state index contributed by atoms with van der Waals surface area (Å²) in [6, 6.07) is 3.15. The Labute approximate surface area is 121 Å². The zero-order chi connectivity index (χ0) is 13.2. The highest BCUT2D eigenvalue weighted by Crippen LogP contribution is 2.39. The van der Waals surface area contributed by atoms with Crippen molar-refractivity contribution in [2.24, 2.45) is 5.92 Å². The molecule has 1 aromatic rings. The van der Waals surface area contributed by atoms with Crippen LogP contribution < -0.4 is 10.1 Å². The van der Waals surface area contributed by atoms with Crippen LogP contribution in [0, 0.1) is 11.7 Å². The smallest absolute Gasteiger partial charge is 0.137 e. The molecular weight excluding hydrogens is 309 g/mol. The maximum absolute atomic E-state index is 13.7. The summed E-state index contributed by atoms with van der Waals surface area (Å²) in [4.78, 5) is 0. The van der Waals surface area contributed by atoms with Gasteiger partial charge in [0, 0.05) is 18.0 Å². The molecule has 1 atom stereocenters. The number of benzene rings is 1. The highest BCUT2D eigenvalue weighted by atomic mass is 79.9. The van der Waals surface area contributed by atoms with Gasteiger partial charge in [-0.25, -0.2) is 4.39 Å². The maximum Gasteiger partial charge on any atom is 0.137 e. The third kappa shape index (κ3) is 3.29. The summed E-state index contributed by atoms with van der Waals surface area (Å²) in [5.74, 6) is 1.72. The third-order valence-corrected chi connectivity index (χ3v) is 4.52. The van der Waals surface area contributed by atoms with Crippen LogP contribution in [0.3, 0.4) is 0 Å². The Morgan fingerprint density at radius 3 is 2.84 bits per heavy atom. The summed E-state index contributed by atoms with van der Waals surface area (Å²) in [5, 5.41) is 3.38. The molecular formula is C15H19BrFNO. The molecule has 0 spiro atoms. The van der Waals surface area contributed by atoms with E-state index in [4.69, 9.17) is 4.74 Å². The van der Waals surface area contributed by atoms with Gasteiger partial charge >= 0.3 is 0 Å². The van der Waals surface area contributed by atoms with E-state index in [0.717, 1.165) is 48.3 Å². The molecule has 0 radical (unpaired) electrons. The van der Waals surface area contributed by atoms with E-state index in [1.54, 1.807) is 6.07 Å². The summed E-state index contributed by atoms with van der Waals surface area (Å²) in [5.41, 5.74) is 1.01. The van der Waals surface area contributed by atoms with E-state index in [9.17, 15) is 4.39 Å². The largest absolute Gasteiger partial charge is 0.492 e. The van der Waals surface area contributed by atoms with Gasteiger partial charge in [0.05, 0.1) is 11.1 Å². The highest BCUT2D eigenvalue weighted by molar-refractivity contribution is 9.10. The average Bonchev–Trinajstić information content (AvgIpc) is 3.22. The molecule has 1 aliphatic carbocycles. The molecule has 0 aromatic heterocycles. The Bertz CT molecular complexity index is 456. The lowest BCUT2D eigenvalue weighted by molar-refractivity contribution is 0.290. The monoisotopic (exact) mass is 327 g/mol. The molecule has 3 rings (SSSR count). The molecule has 2 fully saturated rings.